The number of carbonyl (C=O) groups excluding carboxylic acids is 1. The van der Waals surface area contributed by atoms with Crippen molar-refractivity contribution in [2.45, 2.75) is 25.9 Å². The van der Waals surface area contributed by atoms with E-state index in [9.17, 15) is 14.3 Å². The number of aryl methyl sites for hydroxylation is 1. The highest BCUT2D eigenvalue weighted by molar-refractivity contribution is 5.97. The number of aromatic nitrogens is 2. The van der Waals surface area contributed by atoms with Gasteiger partial charge in [-0.25, -0.2) is 4.39 Å². The molecule has 0 aliphatic carbocycles. The van der Waals surface area contributed by atoms with Crippen molar-refractivity contribution in [2.75, 3.05) is 0 Å². The van der Waals surface area contributed by atoms with Gasteiger partial charge < -0.3 is 14.4 Å². The third-order valence-corrected chi connectivity index (χ3v) is 4.54. The zero-order valence-corrected chi connectivity index (χ0v) is 14.0. The Bertz CT molecular complexity index is 965. The van der Waals surface area contributed by atoms with Crippen LogP contribution in [0.15, 0.2) is 46.9 Å². The van der Waals surface area contributed by atoms with Crippen molar-refractivity contribution in [1.29, 1.82) is 0 Å². The van der Waals surface area contributed by atoms with Crippen molar-refractivity contribution < 1.29 is 18.7 Å². The number of benzene rings is 2. The quantitative estimate of drug-likeness (QED) is 0.765. The van der Waals surface area contributed by atoms with E-state index in [2.05, 4.69) is 10.2 Å². The average Bonchev–Trinajstić information content (AvgIpc) is 3.06. The van der Waals surface area contributed by atoms with Gasteiger partial charge in [0.1, 0.15) is 23.2 Å². The fourth-order valence-electron chi connectivity index (χ4n) is 3.27. The van der Waals surface area contributed by atoms with Gasteiger partial charge in [0.25, 0.3) is 5.91 Å². The predicted octanol–water partition coefficient (Wildman–Crippen LogP) is 3.16. The molecule has 0 saturated carbocycles. The molecule has 6 nitrogen and oxygen atoms in total. The van der Waals surface area contributed by atoms with Gasteiger partial charge in [-0.2, -0.15) is 0 Å². The van der Waals surface area contributed by atoms with Gasteiger partial charge in [0.2, 0.25) is 11.8 Å². The lowest BCUT2D eigenvalue weighted by Gasteiger charge is -2.35. The lowest BCUT2D eigenvalue weighted by atomic mass is 9.93. The van der Waals surface area contributed by atoms with Gasteiger partial charge in [-0.1, -0.05) is 30.3 Å². The van der Waals surface area contributed by atoms with E-state index in [1.807, 2.05) is 24.3 Å². The Hall–Kier alpha value is -3.22. The average molecular weight is 353 g/mol. The Kier molecular flexibility index (Phi) is 3.91. The number of nitrogens with zero attached hydrogens (tertiary/aromatic N) is 3. The van der Waals surface area contributed by atoms with Crippen LogP contribution in [0.25, 0.3) is 0 Å². The lowest BCUT2D eigenvalue weighted by molar-refractivity contribution is 0.0594. The minimum absolute atomic E-state index is 0.259. The molecule has 2 heterocycles. The minimum Gasteiger partial charge on any atom is -0.507 e. The fourth-order valence-corrected chi connectivity index (χ4v) is 3.27. The molecule has 4 rings (SSSR count). The highest BCUT2D eigenvalue weighted by atomic mass is 19.1. The molecule has 0 spiro atoms. The number of carbonyl (C=O) groups is 1. The topological polar surface area (TPSA) is 79.5 Å². The zero-order valence-electron chi connectivity index (χ0n) is 14.0. The fraction of sp³-hybridized carbons (Fsp3) is 0.211. The van der Waals surface area contributed by atoms with Crippen molar-refractivity contribution in [3.05, 3.63) is 76.8 Å². The number of halogens is 1. The number of amides is 1. The molecule has 1 atom stereocenters. The van der Waals surface area contributed by atoms with Crippen LogP contribution < -0.4 is 0 Å². The van der Waals surface area contributed by atoms with Crippen molar-refractivity contribution in [3.8, 4) is 5.75 Å². The molecule has 26 heavy (non-hydrogen) atoms. The first-order valence-electron chi connectivity index (χ1n) is 8.20. The van der Waals surface area contributed by atoms with Gasteiger partial charge in [0.05, 0.1) is 0 Å². The summed E-state index contributed by atoms with van der Waals surface area (Å²) in [6, 6.07) is 11.0. The Balaban J connectivity index is 1.79. The third kappa shape index (κ3) is 2.71. The molecule has 1 aliphatic rings. The number of phenols is 1. The summed E-state index contributed by atoms with van der Waals surface area (Å²) in [5, 5.41) is 17.9. The second-order valence-electron chi connectivity index (χ2n) is 6.21. The molecule has 1 N–H and O–H groups in total. The molecule has 2 aromatic carbocycles. The molecule has 0 radical (unpaired) electrons. The number of hydrogen-bond acceptors (Lipinski definition) is 5. The van der Waals surface area contributed by atoms with E-state index in [1.54, 1.807) is 6.92 Å². The van der Waals surface area contributed by atoms with Crippen LogP contribution in [0.4, 0.5) is 4.39 Å². The Labute approximate surface area is 148 Å². The second-order valence-corrected chi connectivity index (χ2v) is 6.21. The minimum atomic E-state index is -0.769. The van der Waals surface area contributed by atoms with Crippen LogP contribution in [0.3, 0.4) is 0 Å². The van der Waals surface area contributed by atoms with Crippen LogP contribution in [0, 0.1) is 12.7 Å². The molecule has 3 aromatic rings. The van der Waals surface area contributed by atoms with Crippen LogP contribution in [0.5, 0.6) is 5.75 Å². The molecule has 7 heteroatoms. The SMILES string of the molecule is Cc1nnc(C2Cc3ccccc3CN2C(=O)c2c(O)cccc2F)o1. The first-order chi connectivity index (χ1) is 12.5. The predicted molar refractivity (Wildman–Crippen MR) is 89.9 cm³/mol. The van der Waals surface area contributed by atoms with Crippen molar-refractivity contribution >= 4 is 5.91 Å². The van der Waals surface area contributed by atoms with E-state index in [1.165, 1.54) is 17.0 Å². The number of aromatic hydroxyl groups is 1. The summed E-state index contributed by atoms with van der Waals surface area (Å²) < 4.78 is 19.8. The largest absolute Gasteiger partial charge is 0.507 e. The van der Waals surface area contributed by atoms with Crippen LogP contribution in [-0.4, -0.2) is 26.1 Å². The Morgan fingerprint density at radius 2 is 1.96 bits per heavy atom. The van der Waals surface area contributed by atoms with Crippen molar-refractivity contribution in [3.63, 3.8) is 0 Å². The highest BCUT2D eigenvalue weighted by Crippen LogP contribution is 2.35. The summed E-state index contributed by atoms with van der Waals surface area (Å²) in [7, 11) is 0. The summed E-state index contributed by atoms with van der Waals surface area (Å²) in [4.78, 5) is 14.5. The Morgan fingerprint density at radius 1 is 1.19 bits per heavy atom. The third-order valence-electron chi connectivity index (χ3n) is 4.54. The van der Waals surface area contributed by atoms with Gasteiger partial charge in [0.15, 0.2) is 0 Å². The molecule has 1 unspecified atom stereocenters. The summed E-state index contributed by atoms with van der Waals surface area (Å²) in [5.41, 5.74) is 1.67. The lowest BCUT2D eigenvalue weighted by Crippen LogP contribution is -2.39. The molecule has 0 bridgehead atoms. The zero-order chi connectivity index (χ0) is 18.3. The second kappa shape index (κ2) is 6.25. The summed E-state index contributed by atoms with van der Waals surface area (Å²) in [6.07, 6.45) is 0.471. The molecule has 1 amide bonds. The van der Waals surface area contributed by atoms with E-state index in [4.69, 9.17) is 4.42 Å². The number of rotatable bonds is 2. The van der Waals surface area contributed by atoms with Crippen LogP contribution in [-0.2, 0) is 13.0 Å². The van der Waals surface area contributed by atoms with Crippen molar-refractivity contribution in [2.24, 2.45) is 0 Å². The molecule has 1 aliphatic heterocycles. The monoisotopic (exact) mass is 353 g/mol. The summed E-state index contributed by atoms with van der Waals surface area (Å²) in [5.74, 6) is -1.10. The normalized spacial score (nSPS) is 16.4. The van der Waals surface area contributed by atoms with Gasteiger partial charge in [-0.3, -0.25) is 4.79 Å². The van der Waals surface area contributed by atoms with Gasteiger partial charge in [-0.05, 0) is 23.3 Å². The Morgan fingerprint density at radius 3 is 2.65 bits per heavy atom. The van der Waals surface area contributed by atoms with Crippen molar-refractivity contribution in [1.82, 2.24) is 15.1 Å². The maximum Gasteiger partial charge on any atom is 0.261 e. The van der Waals surface area contributed by atoms with E-state index < -0.39 is 23.5 Å². The van der Waals surface area contributed by atoms with Crippen LogP contribution >= 0.6 is 0 Å². The van der Waals surface area contributed by atoms with Crippen LogP contribution in [0.1, 0.15) is 39.3 Å². The van der Waals surface area contributed by atoms with E-state index >= 15 is 0 Å². The van der Waals surface area contributed by atoms with E-state index in [0.29, 0.717) is 18.2 Å². The summed E-state index contributed by atoms with van der Waals surface area (Å²) >= 11 is 0. The maximum atomic E-state index is 14.2. The van der Waals surface area contributed by atoms with E-state index in [-0.39, 0.29) is 12.1 Å². The molecular weight excluding hydrogens is 337 g/mol. The van der Waals surface area contributed by atoms with Gasteiger partial charge in [-0.15, -0.1) is 10.2 Å². The van der Waals surface area contributed by atoms with Crippen LogP contribution in [0.2, 0.25) is 0 Å². The summed E-state index contributed by atoms with van der Waals surface area (Å²) in [6.45, 7) is 1.93. The standard InChI is InChI=1S/C19H16FN3O3/c1-11-21-22-18(26-11)15-9-12-5-2-3-6-13(12)10-23(15)19(25)17-14(20)7-4-8-16(17)24/h2-8,15,24H,9-10H2,1H3. The van der Waals surface area contributed by atoms with Gasteiger partial charge >= 0.3 is 0 Å². The van der Waals surface area contributed by atoms with E-state index in [0.717, 1.165) is 17.2 Å². The molecular formula is C19H16FN3O3. The molecule has 132 valence electrons. The first kappa shape index (κ1) is 16.3. The number of hydrogen-bond donors (Lipinski definition) is 1. The molecule has 0 saturated heterocycles. The number of phenolic OH excluding ortho intramolecular Hbond substituents is 1. The molecule has 1 aromatic heterocycles. The maximum absolute atomic E-state index is 14.2. The highest BCUT2D eigenvalue weighted by Gasteiger charge is 2.36. The number of fused-ring (bicyclic) bond motifs is 1. The first-order valence-corrected chi connectivity index (χ1v) is 8.20. The smallest absolute Gasteiger partial charge is 0.261 e. The van der Waals surface area contributed by atoms with Gasteiger partial charge in [0, 0.05) is 19.9 Å². The molecule has 0 fully saturated rings.